The van der Waals surface area contributed by atoms with Crippen LogP contribution in [0.2, 0.25) is 0 Å². The number of hydrogen-bond donors (Lipinski definition) is 1. The highest BCUT2D eigenvalue weighted by Crippen LogP contribution is 2.22. The third-order valence-corrected chi connectivity index (χ3v) is 2.26. The number of rotatable bonds is 7. The van der Waals surface area contributed by atoms with Crippen LogP contribution in [0.3, 0.4) is 0 Å². The third-order valence-electron chi connectivity index (χ3n) is 2.26. The molecule has 0 aliphatic heterocycles. The van der Waals surface area contributed by atoms with Crippen LogP contribution in [0.1, 0.15) is 46.0 Å². The number of carboxylic acid groups (broad SMARTS) is 1. The number of carboxylic acids is 1. The van der Waals surface area contributed by atoms with Crippen LogP contribution >= 0.6 is 0 Å². The van der Waals surface area contributed by atoms with Crippen molar-refractivity contribution in [1.29, 1.82) is 5.41 Å². The van der Waals surface area contributed by atoms with Crippen LogP contribution in [0.4, 0.5) is 0 Å². The quantitative estimate of drug-likeness (QED) is 0.357. The molecule has 0 aliphatic carbocycles. The minimum Gasteiger partial charge on any atom is -0.862 e. The van der Waals surface area contributed by atoms with Crippen molar-refractivity contribution in [2.45, 2.75) is 46.0 Å². The summed E-state index contributed by atoms with van der Waals surface area (Å²) in [5.74, 6) is -1.58. The molecule has 0 atom stereocenters. The topological polar surface area (TPSA) is 87.0 Å². The first kappa shape index (κ1) is 12.9. The first-order valence-corrected chi connectivity index (χ1v) is 4.82. The summed E-state index contributed by atoms with van der Waals surface area (Å²) in [4.78, 5) is 10.6. The summed E-state index contributed by atoms with van der Waals surface area (Å²) in [5.41, 5.74) is -0.787. The molecule has 0 bridgehead atoms. The van der Waals surface area contributed by atoms with Crippen LogP contribution in [0.25, 0.3) is 0 Å². The highest BCUT2D eigenvalue weighted by molar-refractivity contribution is 5.71. The number of nitrogens with one attached hydrogen (secondary N) is 1. The van der Waals surface area contributed by atoms with Crippen molar-refractivity contribution in [2.75, 3.05) is 0 Å². The average molecular weight is 199 g/mol. The second-order valence-electron chi connectivity index (χ2n) is 4.16. The fourth-order valence-corrected chi connectivity index (χ4v) is 1.13. The Kier molecular flexibility index (Phi) is 5.20. The molecule has 0 heterocycles. The summed E-state index contributed by atoms with van der Waals surface area (Å²) in [5, 5.41) is 27.5. The van der Waals surface area contributed by atoms with Gasteiger partial charge >= 0.3 is 0 Å². The molecule has 82 valence electrons. The summed E-state index contributed by atoms with van der Waals surface area (Å²) in [6.07, 6.45) is 3.05. The number of hydrogen-bond acceptors (Lipinski definition) is 4. The van der Waals surface area contributed by atoms with E-state index in [1.54, 1.807) is 13.8 Å². The Morgan fingerprint density at radius 3 is 2.21 bits per heavy atom. The van der Waals surface area contributed by atoms with E-state index in [1.165, 1.54) is 0 Å². The summed E-state index contributed by atoms with van der Waals surface area (Å²) in [6.45, 7) is 3.27. The Bertz CT molecular complexity index is 211. The molecule has 0 fully saturated rings. The number of carbonyl (C=O) groups is 1. The van der Waals surface area contributed by atoms with Crippen molar-refractivity contribution >= 4 is 11.9 Å². The first-order valence-electron chi connectivity index (χ1n) is 4.82. The van der Waals surface area contributed by atoms with Gasteiger partial charge in [0, 0.05) is 11.4 Å². The molecule has 0 amide bonds. The minimum absolute atomic E-state index is 0.270. The standard InChI is InChI=1S/C10H19NO3/c1-10(2,9(13)14)7-5-3-4-6-8(11)12/h3-7H2,1-2H3,(H2,11,12)(H,13,14)/p-2. The van der Waals surface area contributed by atoms with Gasteiger partial charge in [0.05, 0.1) is 0 Å². The SMILES string of the molecule is CC(C)(CCCCCC(=N)[O-])C(=O)[O-]. The van der Waals surface area contributed by atoms with E-state index < -0.39 is 17.3 Å². The second-order valence-corrected chi connectivity index (χ2v) is 4.16. The van der Waals surface area contributed by atoms with Gasteiger partial charge in [0.25, 0.3) is 0 Å². The van der Waals surface area contributed by atoms with Gasteiger partial charge in [-0.3, -0.25) is 0 Å². The van der Waals surface area contributed by atoms with Crippen molar-refractivity contribution in [3.05, 3.63) is 0 Å². The lowest BCUT2D eigenvalue weighted by Gasteiger charge is -2.25. The lowest BCUT2D eigenvalue weighted by Crippen LogP contribution is -2.37. The van der Waals surface area contributed by atoms with E-state index in [0.717, 1.165) is 12.8 Å². The predicted molar refractivity (Wildman–Crippen MR) is 49.6 cm³/mol. The summed E-state index contributed by atoms with van der Waals surface area (Å²) < 4.78 is 0. The number of unbranched alkanes of at least 4 members (excludes halogenated alkanes) is 2. The Hall–Kier alpha value is -1.06. The van der Waals surface area contributed by atoms with Gasteiger partial charge in [0.15, 0.2) is 0 Å². The highest BCUT2D eigenvalue weighted by atomic mass is 16.4. The zero-order valence-corrected chi connectivity index (χ0v) is 8.76. The van der Waals surface area contributed by atoms with Crippen molar-refractivity contribution < 1.29 is 15.0 Å². The molecule has 4 nitrogen and oxygen atoms in total. The second kappa shape index (κ2) is 5.62. The van der Waals surface area contributed by atoms with E-state index in [0.29, 0.717) is 12.8 Å². The van der Waals surface area contributed by atoms with Crippen LogP contribution in [0.5, 0.6) is 0 Å². The molecule has 0 aliphatic rings. The van der Waals surface area contributed by atoms with Gasteiger partial charge in [-0.2, -0.15) is 0 Å². The Balaban J connectivity index is 3.54. The van der Waals surface area contributed by atoms with E-state index >= 15 is 0 Å². The molecule has 0 spiro atoms. The van der Waals surface area contributed by atoms with Gasteiger partial charge in [-0.25, -0.2) is 0 Å². The van der Waals surface area contributed by atoms with Gasteiger partial charge in [-0.1, -0.05) is 26.7 Å². The smallest absolute Gasteiger partial charge is 0.0470 e. The van der Waals surface area contributed by atoms with E-state index in [-0.39, 0.29) is 6.42 Å². The molecule has 0 saturated carbocycles. The van der Waals surface area contributed by atoms with E-state index in [1.807, 2.05) is 0 Å². The molecule has 0 rings (SSSR count). The monoisotopic (exact) mass is 199 g/mol. The predicted octanol–water partition coefficient (Wildman–Crippen LogP) is 0.0506. The molecule has 1 N–H and O–H groups in total. The fraction of sp³-hybridized carbons (Fsp3) is 0.800. The molecular formula is C10H17NO3-2. The fourth-order valence-electron chi connectivity index (χ4n) is 1.13. The number of aliphatic carboxylic acids is 1. The molecule has 0 aromatic carbocycles. The van der Waals surface area contributed by atoms with Crippen molar-refractivity contribution in [3.8, 4) is 0 Å². The molecule has 14 heavy (non-hydrogen) atoms. The van der Waals surface area contributed by atoms with E-state index in [4.69, 9.17) is 5.41 Å². The average Bonchev–Trinajstić information content (AvgIpc) is 2.02. The number of carbonyl (C=O) groups excluding carboxylic acids is 1. The molecule has 0 unspecified atom stereocenters. The normalized spacial score (nSPS) is 11.3. The lowest BCUT2D eigenvalue weighted by molar-refractivity contribution is -0.317. The maximum Gasteiger partial charge on any atom is 0.0470 e. The highest BCUT2D eigenvalue weighted by Gasteiger charge is 2.18. The zero-order chi connectivity index (χ0) is 11.2. The molecule has 4 heteroatoms. The Morgan fingerprint density at radius 2 is 1.79 bits per heavy atom. The maximum atomic E-state index is 10.6. The van der Waals surface area contributed by atoms with Crippen molar-refractivity contribution in [1.82, 2.24) is 0 Å². The largest absolute Gasteiger partial charge is 0.862 e. The van der Waals surface area contributed by atoms with Gasteiger partial charge in [0.1, 0.15) is 0 Å². The first-order chi connectivity index (χ1) is 6.36. The van der Waals surface area contributed by atoms with Crippen LogP contribution in [0.15, 0.2) is 0 Å². The maximum absolute atomic E-state index is 10.6. The minimum atomic E-state index is -1.03. The van der Waals surface area contributed by atoms with E-state index in [2.05, 4.69) is 0 Å². The van der Waals surface area contributed by atoms with Crippen molar-refractivity contribution in [2.24, 2.45) is 5.41 Å². The Morgan fingerprint density at radius 1 is 1.21 bits per heavy atom. The van der Waals surface area contributed by atoms with Gasteiger partial charge in [0.2, 0.25) is 0 Å². The molecular weight excluding hydrogens is 182 g/mol. The van der Waals surface area contributed by atoms with Crippen LogP contribution in [0, 0.1) is 10.8 Å². The molecule has 0 radical (unpaired) electrons. The Labute approximate surface area is 84.5 Å². The van der Waals surface area contributed by atoms with Crippen LogP contribution in [-0.4, -0.2) is 11.9 Å². The van der Waals surface area contributed by atoms with Gasteiger partial charge in [-0.05, 0) is 25.2 Å². The van der Waals surface area contributed by atoms with Crippen LogP contribution < -0.4 is 10.2 Å². The zero-order valence-electron chi connectivity index (χ0n) is 8.76. The van der Waals surface area contributed by atoms with E-state index in [9.17, 15) is 15.0 Å². The third kappa shape index (κ3) is 5.56. The molecule has 0 aromatic rings. The van der Waals surface area contributed by atoms with Crippen molar-refractivity contribution in [3.63, 3.8) is 0 Å². The molecule has 0 saturated heterocycles. The van der Waals surface area contributed by atoms with Crippen LogP contribution in [-0.2, 0) is 4.79 Å². The molecule has 0 aromatic heterocycles. The van der Waals surface area contributed by atoms with Gasteiger partial charge in [-0.15, -0.1) is 0 Å². The summed E-state index contributed by atoms with van der Waals surface area (Å²) >= 11 is 0. The summed E-state index contributed by atoms with van der Waals surface area (Å²) in [6, 6.07) is 0. The summed E-state index contributed by atoms with van der Waals surface area (Å²) in [7, 11) is 0. The lowest BCUT2D eigenvalue weighted by atomic mass is 9.87. The van der Waals surface area contributed by atoms with Gasteiger partial charge < -0.3 is 20.4 Å².